The summed E-state index contributed by atoms with van der Waals surface area (Å²) < 4.78 is 5.49. The Morgan fingerprint density at radius 3 is 2.78 bits per heavy atom. The highest BCUT2D eigenvalue weighted by atomic mass is 35.5. The molecule has 1 aromatic carbocycles. The molecule has 6 nitrogen and oxygen atoms in total. The fraction of sp³-hybridized carbons (Fsp3) is 0.526. The number of hydrogen-bond donors (Lipinski definition) is 1. The molecule has 4 rings (SSSR count). The van der Waals surface area contributed by atoms with Crippen LogP contribution in [-0.2, 0) is 4.79 Å². The lowest BCUT2D eigenvalue weighted by atomic mass is 9.98. The lowest BCUT2D eigenvalue weighted by molar-refractivity contribution is -0.131. The van der Waals surface area contributed by atoms with Crippen LogP contribution in [0, 0.1) is 5.92 Å². The van der Waals surface area contributed by atoms with E-state index in [1.54, 1.807) is 0 Å². The molecule has 2 fully saturated rings. The van der Waals surface area contributed by atoms with E-state index in [4.69, 9.17) is 16.1 Å². The Hall–Kier alpha value is -1.63. The Labute approximate surface area is 170 Å². The van der Waals surface area contributed by atoms with E-state index in [1.165, 1.54) is 12.8 Å². The highest BCUT2D eigenvalue weighted by Gasteiger charge is 2.29. The quantitative estimate of drug-likeness (QED) is 0.788. The van der Waals surface area contributed by atoms with Crippen LogP contribution in [0.3, 0.4) is 0 Å². The molecule has 8 heteroatoms. The number of hydrogen-bond acceptors (Lipinski definition) is 5. The maximum atomic E-state index is 12.4. The van der Waals surface area contributed by atoms with Crippen LogP contribution in [0.15, 0.2) is 28.8 Å². The molecule has 1 amide bonds. The molecule has 0 spiro atoms. The van der Waals surface area contributed by atoms with Gasteiger partial charge in [0.2, 0.25) is 17.6 Å². The Kier molecular flexibility index (Phi) is 6.73. The third-order valence-corrected chi connectivity index (χ3v) is 5.33. The van der Waals surface area contributed by atoms with Crippen molar-refractivity contribution in [2.75, 3.05) is 26.2 Å². The molecule has 0 radical (unpaired) electrons. The molecule has 2 aromatic rings. The topological polar surface area (TPSA) is 71.3 Å². The molecule has 1 aromatic heterocycles. The van der Waals surface area contributed by atoms with Crippen molar-refractivity contribution in [2.24, 2.45) is 5.92 Å². The summed E-state index contributed by atoms with van der Waals surface area (Å²) in [5, 5.41) is 8.04. The zero-order valence-electron chi connectivity index (χ0n) is 15.1. The Morgan fingerprint density at radius 1 is 1.26 bits per heavy atom. The van der Waals surface area contributed by atoms with Crippen LogP contribution in [0.1, 0.15) is 37.5 Å². The van der Waals surface area contributed by atoms with Gasteiger partial charge in [0.15, 0.2) is 0 Å². The first-order valence-electron chi connectivity index (χ1n) is 9.27. The lowest BCUT2D eigenvalue weighted by Crippen LogP contribution is -2.43. The molecule has 2 heterocycles. The van der Waals surface area contributed by atoms with E-state index in [0.29, 0.717) is 29.8 Å². The first kappa shape index (κ1) is 20.1. The van der Waals surface area contributed by atoms with Crippen LogP contribution >= 0.6 is 24.0 Å². The van der Waals surface area contributed by atoms with E-state index in [-0.39, 0.29) is 24.2 Å². The standard InChI is InChI=1S/C19H23ClN4O2.ClH/c20-16-7-5-14(6-8-16)18-22-19(26-23-18)15-2-1-9-24(12-15)17(25)11-21-10-13-3-4-13;/h5-8,13,15,21H,1-4,9-12H2;1H. The first-order chi connectivity index (χ1) is 12.7. The van der Waals surface area contributed by atoms with Gasteiger partial charge in [0.1, 0.15) is 0 Å². The summed E-state index contributed by atoms with van der Waals surface area (Å²) >= 11 is 5.92. The minimum Gasteiger partial charge on any atom is -0.341 e. The summed E-state index contributed by atoms with van der Waals surface area (Å²) in [7, 11) is 0. The number of benzene rings is 1. The van der Waals surface area contributed by atoms with Gasteiger partial charge < -0.3 is 14.7 Å². The zero-order valence-corrected chi connectivity index (χ0v) is 16.6. The monoisotopic (exact) mass is 410 g/mol. The largest absolute Gasteiger partial charge is 0.341 e. The summed E-state index contributed by atoms with van der Waals surface area (Å²) in [6.07, 6.45) is 4.50. The number of aromatic nitrogens is 2. The van der Waals surface area contributed by atoms with Crippen molar-refractivity contribution in [3.8, 4) is 11.4 Å². The van der Waals surface area contributed by atoms with Crippen LogP contribution in [0.2, 0.25) is 5.02 Å². The van der Waals surface area contributed by atoms with Gasteiger partial charge in [-0.15, -0.1) is 12.4 Å². The number of nitrogens with one attached hydrogen (secondary N) is 1. The van der Waals surface area contributed by atoms with E-state index < -0.39 is 0 Å². The van der Waals surface area contributed by atoms with Crippen LogP contribution in [0.25, 0.3) is 11.4 Å². The van der Waals surface area contributed by atoms with Gasteiger partial charge in [-0.05, 0) is 62.4 Å². The third kappa shape index (κ3) is 5.21. The predicted molar refractivity (Wildman–Crippen MR) is 106 cm³/mol. The molecule has 1 aliphatic heterocycles. The molecule has 146 valence electrons. The average molecular weight is 411 g/mol. The summed E-state index contributed by atoms with van der Waals surface area (Å²) in [4.78, 5) is 18.9. The average Bonchev–Trinajstić information content (AvgIpc) is 3.36. The van der Waals surface area contributed by atoms with Crippen molar-refractivity contribution in [3.05, 3.63) is 35.2 Å². The van der Waals surface area contributed by atoms with Gasteiger partial charge >= 0.3 is 0 Å². The number of amides is 1. The second-order valence-corrected chi connectivity index (χ2v) is 7.65. The summed E-state index contributed by atoms with van der Waals surface area (Å²) in [6, 6.07) is 7.36. The van der Waals surface area contributed by atoms with Crippen molar-refractivity contribution in [3.63, 3.8) is 0 Å². The maximum absolute atomic E-state index is 12.4. The van der Waals surface area contributed by atoms with E-state index in [9.17, 15) is 4.79 Å². The summed E-state index contributed by atoms with van der Waals surface area (Å²) in [5.41, 5.74) is 0.873. The third-order valence-electron chi connectivity index (χ3n) is 5.07. The molecule has 0 bridgehead atoms. The second-order valence-electron chi connectivity index (χ2n) is 7.22. The second kappa shape index (κ2) is 9.04. The molecule has 1 N–H and O–H groups in total. The number of piperidine rings is 1. The minimum absolute atomic E-state index is 0. The van der Waals surface area contributed by atoms with E-state index >= 15 is 0 Å². The van der Waals surface area contributed by atoms with E-state index in [1.807, 2.05) is 29.2 Å². The molecular formula is C19H24Cl2N4O2. The zero-order chi connectivity index (χ0) is 17.9. The van der Waals surface area contributed by atoms with Crippen LogP contribution in [0.4, 0.5) is 0 Å². The fourth-order valence-corrected chi connectivity index (χ4v) is 3.47. The van der Waals surface area contributed by atoms with Crippen molar-refractivity contribution in [2.45, 2.75) is 31.6 Å². The minimum atomic E-state index is 0. The SMILES string of the molecule is Cl.O=C(CNCC1CC1)N1CCCC(c2nc(-c3ccc(Cl)cc3)no2)C1. The Bertz CT molecular complexity index is 761. The number of likely N-dealkylation sites (tertiary alicyclic amines) is 1. The van der Waals surface area contributed by atoms with Crippen LogP contribution in [-0.4, -0.2) is 47.1 Å². The van der Waals surface area contributed by atoms with E-state index in [2.05, 4.69) is 15.5 Å². The van der Waals surface area contributed by atoms with Gasteiger partial charge in [0.25, 0.3) is 0 Å². The molecular weight excluding hydrogens is 387 g/mol. The molecule has 27 heavy (non-hydrogen) atoms. The van der Waals surface area contributed by atoms with E-state index in [0.717, 1.165) is 37.4 Å². The molecule has 1 aliphatic carbocycles. The number of carbonyl (C=O) groups excluding carboxylic acids is 1. The lowest BCUT2D eigenvalue weighted by Gasteiger charge is -2.31. The summed E-state index contributed by atoms with van der Waals surface area (Å²) in [6.45, 7) is 2.82. The highest BCUT2D eigenvalue weighted by Crippen LogP contribution is 2.29. The first-order valence-corrected chi connectivity index (χ1v) is 9.65. The highest BCUT2D eigenvalue weighted by molar-refractivity contribution is 6.30. The molecule has 1 atom stereocenters. The van der Waals surface area contributed by atoms with Gasteiger partial charge in [-0.3, -0.25) is 4.79 Å². The molecule has 2 aliphatic rings. The number of carbonyl (C=O) groups is 1. The van der Waals surface area contributed by atoms with Crippen LogP contribution in [0.5, 0.6) is 0 Å². The molecule has 1 saturated carbocycles. The normalized spacial score (nSPS) is 19.6. The fourth-order valence-electron chi connectivity index (χ4n) is 3.34. The predicted octanol–water partition coefficient (Wildman–Crippen LogP) is 3.52. The maximum Gasteiger partial charge on any atom is 0.236 e. The summed E-state index contributed by atoms with van der Waals surface area (Å²) in [5.74, 6) is 2.21. The van der Waals surface area contributed by atoms with Crippen molar-refractivity contribution >= 4 is 29.9 Å². The van der Waals surface area contributed by atoms with Gasteiger partial charge in [-0.25, -0.2) is 0 Å². The smallest absolute Gasteiger partial charge is 0.236 e. The van der Waals surface area contributed by atoms with Crippen molar-refractivity contribution < 1.29 is 9.32 Å². The Morgan fingerprint density at radius 2 is 2.04 bits per heavy atom. The Balaban J connectivity index is 0.00000210. The molecule has 1 unspecified atom stereocenters. The number of rotatable bonds is 6. The van der Waals surface area contributed by atoms with Gasteiger partial charge in [0, 0.05) is 23.7 Å². The van der Waals surface area contributed by atoms with Crippen LogP contribution < -0.4 is 5.32 Å². The number of halogens is 2. The van der Waals surface area contributed by atoms with Gasteiger partial charge in [-0.2, -0.15) is 4.98 Å². The number of nitrogens with zero attached hydrogens (tertiary/aromatic N) is 3. The van der Waals surface area contributed by atoms with Gasteiger partial charge in [0.05, 0.1) is 12.5 Å². The molecule has 1 saturated heterocycles. The van der Waals surface area contributed by atoms with Crippen molar-refractivity contribution in [1.29, 1.82) is 0 Å². The van der Waals surface area contributed by atoms with Crippen molar-refractivity contribution in [1.82, 2.24) is 20.4 Å². The van der Waals surface area contributed by atoms with Gasteiger partial charge in [-0.1, -0.05) is 16.8 Å².